The maximum Gasteiger partial charge on any atom is 0.229 e. The van der Waals surface area contributed by atoms with E-state index in [4.69, 9.17) is 9.47 Å². The molecule has 1 N–H and O–H groups in total. The third kappa shape index (κ3) is 3.90. The van der Waals surface area contributed by atoms with Crippen molar-refractivity contribution in [2.24, 2.45) is 17.8 Å². The van der Waals surface area contributed by atoms with Crippen molar-refractivity contribution < 1.29 is 14.3 Å². The Kier molecular flexibility index (Phi) is 5.31. The molecular formula is C26H34N4O3. The first-order chi connectivity index (χ1) is 16.0. The summed E-state index contributed by atoms with van der Waals surface area (Å²) >= 11 is 0. The molecule has 1 saturated carbocycles. The van der Waals surface area contributed by atoms with E-state index in [9.17, 15) is 4.79 Å². The molecule has 7 nitrogen and oxygen atoms in total. The van der Waals surface area contributed by atoms with Gasteiger partial charge in [-0.05, 0) is 67.7 Å². The summed E-state index contributed by atoms with van der Waals surface area (Å²) in [7, 11) is 0. The number of aryl methyl sites for hydroxylation is 1. The van der Waals surface area contributed by atoms with Crippen LogP contribution < -0.4 is 10.2 Å². The highest BCUT2D eigenvalue weighted by atomic mass is 16.5. The van der Waals surface area contributed by atoms with Crippen LogP contribution in [0.25, 0.3) is 10.8 Å². The Morgan fingerprint density at radius 3 is 2.67 bits per heavy atom. The van der Waals surface area contributed by atoms with Crippen molar-refractivity contribution in [3.8, 4) is 0 Å². The number of carbonyl (C=O) groups is 1. The number of hydrogen-bond acceptors (Lipinski definition) is 6. The van der Waals surface area contributed by atoms with Crippen LogP contribution in [0.2, 0.25) is 0 Å². The largest absolute Gasteiger partial charge is 0.381 e. The number of hydrogen-bond donors (Lipinski definition) is 1. The van der Waals surface area contributed by atoms with Crippen LogP contribution in [-0.4, -0.2) is 73.9 Å². The lowest BCUT2D eigenvalue weighted by Gasteiger charge is -2.44. The van der Waals surface area contributed by atoms with E-state index < -0.39 is 0 Å². The van der Waals surface area contributed by atoms with Crippen LogP contribution >= 0.6 is 0 Å². The minimum atomic E-state index is 0.0852. The van der Waals surface area contributed by atoms with Gasteiger partial charge in [0.2, 0.25) is 5.91 Å². The molecule has 3 aliphatic heterocycles. The quantitative estimate of drug-likeness (QED) is 0.772. The average Bonchev–Trinajstić information content (AvgIpc) is 3.40. The lowest BCUT2D eigenvalue weighted by Crippen LogP contribution is -2.56. The fourth-order valence-electron chi connectivity index (χ4n) is 6.20. The number of aromatic nitrogens is 1. The Balaban J connectivity index is 1.17. The molecule has 176 valence electrons. The fraction of sp³-hybridized carbons (Fsp3) is 0.615. The second kappa shape index (κ2) is 8.22. The molecule has 0 bridgehead atoms. The molecule has 1 amide bonds. The van der Waals surface area contributed by atoms with Gasteiger partial charge in [-0.2, -0.15) is 0 Å². The highest BCUT2D eigenvalue weighted by Gasteiger charge is 2.55. The zero-order valence-corrected chi connectivity index (χ0v) is 19.7. The number of nitrogens with one attached hydrogen (secondary N) is 1. The van der Waals surface area contributed by atoms with E-state index in [0.717, 1.165) is 76.2 Å². The Morgan fingerprint density at radius 1 is 1.09 bits per heavy atom. The van der Waals surface area contributed by atoms with Crippen molar-refractivity contribution in [1.82, 2.24) is 9.88 Å². The van der Waals surface area contributed by atoms with E-state index in [2.05, 4.69) is 46.1 Å². The summed E-state index contributed by atoms with van der Waals surface area (Å²) in [5.41, 5.74) is 2.74. The van der Waals surface area contributed by atoms with Gasteiger partial charge in [0.25, 0.3) is 0 Å². The minimum Gasteiger partial charge on any atom is -0.381 e. The maximum atomic E-state index is 12.8. The summed E-state index contributed by atoms with van der Waals surface area (Å²) in [6, 6.07) is 6.50. The van der Waals surface area contributed by atoms with E-state index in [1.54, 1.807) is 0 Å². The molecule has 4 fully saturated rings. The maximum absolute atomic E-state index is 12.8. The highest BCUT2D eigenvalue weighted by Crippen LogP contribution is 2.51. The number of carbonyl (C=O) groups excluding carboxylic acids is 1. The third-order valence-electron chi connectivity index (χ3n) is 8.41. The standard InChI is InChI=1S/C26H34N4O3/c1-17-11-19-14-27-23(28-25(31)24-20-3-9-32-15-21(20)24)13-18(19)12-22(17)29-5-7-30(8-6-29)26(2)4-10-33-16-26/h11-14,20-21,24H,3-10,15-16H2,1-2H3,(H,27,28,31)/t20?,21?,24-,26-/m1/s1. The van der Waals surface area contributed by atoms with E-state index in [-0.39, 0.29) is 17.4 Å². The number of piperazine rings is 1. The molecule has 6 rings (SSSR count). The average molecular weight is 451 g/mol. The highest BCUT2D eigenvalue weighted by molar-refractivity contribution is 5.96. The zero-order chi connectivity index (χ0) is 22.6. The van der Waals surface area contributed by atoms with E-state index in [0.29, 0.717) is 17.7 Å². The number of benzene rings is 1. The van der Waals surface area contributed by atoms with Gasteiger partial charge in [-0.15, -0.1) is 0 Å². The van der Waals surface area contributed by atoms with E-state index in [1.165, 1.54) is 11.3 Å². The monoisotopic (exact) mass is 450 g/mol. The van der Waals surface area contributed by atoms with Gasteiger partial charge < -0.3 is 19.7 Å². The zero-order valence-electron chi connectivity index (χ0n) is 19.7. The summed E-state index contributed by atoms with van der Waals surface area (Å²) in [6.07, 6.45) is 4.00. The number of nitrogens with zero attached hydrogens (tertiary/aromatic N) is 3. The summed E-state index contributed by atoms with van der Waals surface area (Å²) in [5.74, 6) is 1.71. The SMILES string of the molecule is Cc1cc2cnc(NC(=O)[C@@H]3C4CCOCC43)cc2cc1N1CCN([C@]2(C)CCOC2)CC1. The van der Waals surface area contributed by atoms with Gasteiger partial charge in [-0.25, -0.2) is 4.98 Å². The molecule has 7 heteroatoms. The topological polar surface area (TPSA) is 66.9 Å². The van der Waals surface area contributed by atoms with Crippen molar-refractivity contribution >= 4 is 28.2 Å². The molecule has 2 aromatic rings. The van der Waals surface area contributed by atoms with Crippen molar-refractivity contribution in [3.05, 3.63) is 30.0 Å². The molecule has 3 saturated heterocycles. The summed E-state index contributed by atoms with van der Waals surface area (Å²) in [4.78, 5) is 22.4. The Labute approximate surface area is 195 Å². The number of amides is 1. The first kappa shape index (κ1) is 21.3. The first-order valence-electron chi connectivity index (χ1n) is 12.4. The van der Waals surface area contributed by atoms with Crippen molar-refractivity contribution in [3.63, 3.8) is 0 Å². The summed E-state index contributed by atoms with van der Waals surface area (Å²) < 4.78 is 11.2. The van der Waals surface area contributed by atoms with Gasteiger partial charge >= 0.3 is 0 Å². The smallest absolute Gasteiger partial charge is 0.229 e. The number of anilines is 2. The van der Waals surface area contributed by atoms with Gasteiger partial charge in [0.1, 0.15) is 5.82 Å². The van der Waals surface area contributed by atoms with Crippen LogP contribution in [0.4, 0.5) is 11.5 Å². The normalized spacial score (nSPS) is 32.1. The molecule has 4 aliphatic rings. The molecule has 4 atom stereocenters. The van der Waals surface area contributed by atoms with Crippen LogP contribution in [0.1, 0.15) is 25.3 Å². The first-order valence-corrected chi connectivity index (χ1v) is 12.4. The van der Waals surface area contributed by atoms with Gasteiger partial charge in [0.05, 0.1) is 13.2 Å². The third-order valence-corrected chi connectivity index (χ3v) is 8.41. The molecule has 0 radical (unpaired) electrons. The number of rotatable bonds is 4. The fourth-order valence-corrected chi connectivity index (χ4v) is 6.20. The number of fused-ring (bicyclic) bond motifs is 2. The van der Waals surface area contributed by atoms with E-state index in [1.807, 2.05) is 12.3 Å². The molecule has 1 aliphatic carbocycles. The molecule has 4 heterocycles. The number of ether oxygens (including phenoxy) is 2. The predicted octanol–water partition coefficient (Wildman–Crippen LogP) is 3.07. The Morgan fingerprint density at radius 2 is 1.94 bits per heavy atom. The Bertz CT molecular complexity index is 1050. The van der Waals surface area contributed by atoms with Gasteiger partial charge in [0, 0.05) is 68.1 Å². The summed E-state index contributed by atoms with van der Waals surface area (Å²) in [6.45, 7) is 11.9. The van der Waals surface area contributed by atoms with Crippen molar-refractivity contribution in [2.45, 2.75) is 32.2 Å². The van der Waals surface area contributed by atoms with E-state index >= 15 is 0 Å². The van der Waals surface area contributed by atoms with Gasteiger partial charge in [0.15, 0.2) is 0 Å². The Hall–Kier alpha value is -2.22. The predicted molar refractivity (Wildman–Crippen MR) is 129 cm³/mol. The second-order valence-electron chi connectivity index (χ2n) is 10.5. The number of pyridine rings is 1. The molecule has 33 heavy (non-hydrogen) atoms. The van der Waals surface area contributed by atoms with Crippen LogP contribution in [0, 0.1) is 24.7 Å². The van der Waals surface area contributed by atoms with Crippen molar-refractivity contribution in [1.29, 1.82) is 0 Å². The van der Waals surface area contributed by atoms with Crippen LogP contribution in [-0.2, 0) is 14.3 Å². The van der Waals surface area contributed by atoms with Crippen LogP contribution in [0.3, 0.4) is 0 Å². The van der Waals surface area contributed by atoms with Crippen LogP contribution in [0.5, 0.6) is 0 Å². The summed E-state index contributed by atoms with van der Waals surface area (Å²) in [5, 5.41) is 5.30. The molecular weight excluding hydrogens is 416 g/mol. The lowest BCUT2D eigenvalue weighted by atomic mass is 9.97. The minimum absolute atomic E-state index is 0.0852. The molecule has 2 unspecified atom stereocenters. The molecule has 1 aromatic heterocycles. The lowest BCUT2D eigenvalue weighted by molar-refractivity contribution is -0.117. The van der Waals surface area contributed by atoms with Gasteiger partial charge in [-0.3, -0.25) is 9.69 Å². The second-order valence-corrected chi connectivity index (χ2v) is 10.5. The molecule has 0 spiro atoms. The van der Waals surface area contributed by atoms with Crippen LogP contribution in [0.15, 0.2) is 24.4 Å². The van der Waals surface area contributed by atoms with Gasteiger partial charge in [-0.1, -0.05) is 0 Å². The van der Waals surface area contributed by atoms with Crippen molar-refractivity contribution in [2.75, 3.05) is 62.8 Å². The molecule has 1 aromatic carbocycles.